The maximum Gasteiger partial charge on any atom is 0.224 e. The molecule has 5 heteroatoms. The normalized spacial score (nSPS) is 35.7. The minimum Gasteiger partial charge on any atom is -0.465 e. The van der Waals surface area contributed by atoms with Gasteiger partial charge in [-0.15, -0.1) is 0 Å². The summed E-state index contributed by atoms with van der Waals surface area (Å²) >= 11 is 0. The van der Waals surface area contributed by atoms with Gasteiger partial charge in [-0.05, 0) is 40.8 Å². The first-order valence-electron chi connectivity index (χ1n) is 10.4. The van der Waals surface area contributed by atoms with Crippen molar-refractivity contribution in [1.29, 1.82) is 0 Å². The molecule has 5 nitrogen and oxygen atoms in total. The highest BCUT2D eigenvalue weighted by Crippen LogP contribution is 2.69. The fraction of sp³-hybridized carbons (Fsp3) is 0.417. The number of rotatable bonds is 0. The van der Waals surface area contributed by atoms with Crippen LogP contribution < -0.4 is 0 Å². The standard InChI is InChI=1S/C24H22O5/c25-17-7-3-8-18-20(17)21-15-11-13-5-1-2-6-14(13)12-16(15)22(27)24(21)19(26)9-4-10-23(24,28)29-18/h1-2,5-6,11-12,21-22,27-28H,3-4,7-10H2/t21-,22+,23+,24+/m1/s1. The van der Waals surface area contributed by atoms with Crippen molar-refractivity contribution >= 4 is 22.3 Å². The molecule has 1 spiro atoms. The van der Waals surface area contributed by atoms with E-state index in [0.29, 0.717) is 42.6 Å². The van der Waals surface area contributed by atoms with E-state index < -0.39 is 23.2 Å². The quantitative estimate of drug-likeness (QED) is 0.720. The van der Waals surface area contributed by atoms with Crippen LogP contribution in [0.2, 0.25) is 0 Å². The van der Waals surface area contributed by atoms with Crippen LogP contribution in [0.25, 0.3) is 10.8 Å². The highest BCUT2D eigenvalue weighted by Gasteiger charge is 2.74. The van der Waals surface area contributed by atoms with Crippen molar-refractivity contribution in [2.45, 2.75) is 56.3 Å². The molecule has 29 heavy (non-hydrogen) atoms. The second kappa shape index (κ2) is 5.55. The number of hydrogen-bond acceptors (Lipinski definition) is 5. The van der Waals surface area contributed by atoms with E-state index in [4.69, 9.17) is 4.74 Å². The zero-order valence-corrected chi connectivity index (χ0v) is 16.0. The van der Waals surface area contributed by atoms with Crippen molar-refractivity contribution in [2.24, 2.45) is 5.41 Å². The van der Waals surface area contributed by atoms with Gasteiger partial charge in [-0.3, -0.25) is 9.59 Å². The molecule has 2 N–H and O–H groups in total. The van der Waals surface area contributed by atoms with Gasteiger partial charge in [0.1, 0.15) is 17.0 Å². The molecule has 1 fully saturated rings. The number of benzene rings is 2. The third-order valence-corrected chi connectivity index (χ3v) is 7.46. The number of Topliss-reactive ketones (excluding diaryl/α,β-unsaturated/α-hetero) is 2. The van der Waals surface area contributed by atoms with Crippen LogP contribution in [0.4, 0.5) is 0 Å². The Bertz CT molecular complexity index is 1130. The number of ketones is 2. The summed E-state index contributed by atoms with van der Waals surface area (Å²) in [6.07, 6.45) is 1.48. The summed E-state index contributed by atoms with van der Waals surface area (Å²) in [7, 11) is 0. The smallest absolute Gasteiger partial charge is 0.224 e. The van der Waals surface area contributed by atoms with E-state index in [0.717, 1.165) is 16.3 Å². The van der Waals surface area contributed by atoms with Crippen molar-refractivity contribution in [1.82, 2.24) is 0 Å². The number of aliphatic hydroxyl groups is 2. The Hall–Kier alpha value is -2.50. The van der Waals surface area contributed by atoms with Crippen molar-refractivity contribution in [3.05, 3.63) is 58.9 Å². The van der Waals surface area contributed by atoms with Crippen LogP contribution in [0.15, 0.2) is 47.7 Å². The molecule has 0 unspecified atom stereocenters. The van der Waals surface area contributed by atoms with Gasteiger partial charge in [-0.2, -0.15) is 0 Å². The lowest BCUT2D eigenvalue weighted by Gasteiger charge is -2.55. The van der Waals surface area contributed by atoms with Crippen molar-refractivity contribution in [3.8, 4) is 0 Å². The van der Waals surface area contributed by atoms with E-state index in [-0.39, 0.29) is 24.4 Å². The Balaban J connectivity index is 1.72. The first kappa shape index (κ1) is 17.4. The molecule has 1 heterocycles. The second-order valence-electron chi connectivity index (χ2n) is 8.81. The van der Waals surface area contributed by atoms with Crippen LogP contribution >= 0.6 is 0 Å². The molecule has 148 valence electrons. The monoisotopic (exact) mass is 390 g/mol. The fourth-order valence-corrected chi connectivity index (χ4v) is 6.27. The SMILES string of the molecule is O=C1CCCC2=C1[C@H]1c3cc4ccccc4cc3[C@H](O)[C@]13C(=O)CCC[C@]3(O)O2. The molecule has 2 aromatic rings. The maximum absolute atomic E-state index is 13.5. The van der Waals surface area contributed by atoms with Gasteiger partial charge >= 0.3 is 0 Å². The molecular formula is C24H22O5. The molecule has 6 rings (SSSR count). The maximum atomic E-state index is 13.5. The summed E-state index contributed by atoms with van der Waals surface area (Å²) in [5.74, 6) is -2.20. The lowest BCUT2D eigenvalue weighted by molar-refractivity contribution is -0.291. The van der Waals surface area contributed by atoms with Crippen molar-refractivity contribution < 1.29 is 24.5 Å². The first-order valence-corrected chi connectivity index (χ1v) is 10.4. The summed E-state index contributed by atoms with van der Waals surface area (Å²) in [5, 5.41) is 25.2. The largest absolute Gasteiger partial charge is 0.465 e. The Morgan fingerprint density at radius 1 is 0.966 bits per heavy atom. The zero-order chi connectivity index (χ0) is 20.0. The van der Waals surface area contributed by atoms with Crippen LogP contribution in [0.5, 0.6) is 0 Å². The van der Waals surface area contributed by atoms with Gasteiger partial charge in [0.15, 0.2) is 5.78 Å². The summed E-state index contributed by atoms with van der Waals surface area (Å²) in [4.78, 5) is 26.5. The molecule has 2 aromatic carbocycles. The third kappa shape index (κ3) is 1.93. The molecule has 4 aliphatic rings. The van der Waals surface area contributed by atoms with Crippen LogP contribution in [0.1, 0.15) is 61.7 Å². The summed E-state index contributed by atoms with van der Waals surface area (Å²) in [5.41, 5.74) is 0.329. The van der Waals surface area contributed by atoms with E-state index in [1.54, 1.807) is 0 Å². The van der Waals surface area contributed by atoms with Crippen molar-refractivity contribution in [2.75, 3.05) is 0 Å². The van der Waals surface area contributed by atoms with Gasteiger partial charge < -0.3 is 14.9 Å². The highest BCUT2D eigenvalue weighted by molar-refractivity contribution is 6.03. The van der Waals surface area contributed by atoms with E-state index in [2.05, 4.69) is 0 Å². The van der Waals surface area contributed by atoms with E-state index in [9.17, 15) is 19.8 Å². The number of aliphatic hydroxyl groups excluding tert-OH is 1. The molecule has 0 amide bonds. The molecule has 3 aliphatic carbocycles. The van der Waals surface area contributed by atoms with Gasteiger partial charge in [-0.1, -0.05) is 30.3 Å². The molecule has 0 aromatic heterocycles. The summed E-state index contributed by atoms with van der Waals surface area (Å²) < 4.78 is 6.06. The summed E-state index contributed by atoms with van der Waals surface area (Å²) in [6.45, 7) is 0. The number of carbonyl (C=O) groups is 2. The lowest BCUT2D eigenvalue weighted by atomic mass is 9.56. The second-order valence-corrected chi connectivity index (χ2v) is 8.81. The van der Waals surface area contributed by atoms with Gasteiger partial charge in [0, 0.05) is 37.2 Å². The van der Waals surface area contributed by atoms with Crippen LogP contribution in [-0.4, -0.2) is 27.6 Å². The number of hydrogen-bond donors (Lipinski definition) is 2. The first-order chi connectivity index (χ1) is 14.0. The topological polar surface area (TPSA) is 83.8 Å². The predicted molar refractivity (Wildman–Crippen MR) is 105 cm³/mol. The lowest BCUT2D eigenvalue weighted by Crippen LogP contribution is -2.63. The Labute approximate surface area is 168 Å². The highest BCUT2D eigenvalue weighted by atomic mass is 16.6. The molecule has 0 bridgehead atoms. The fourth-order valence-electron chi connectivity index (χ4n) is 6.27. The van der Waals surface area contributed by atoms with E-state index in [1.807, 2.05) is 36.4 Å². The van der Waals surface area contributed by atoms with Gasteiger partial charge in [0.25, 0.3) is 0 Å². The third-order valence-electron chi connectivity index (χ3n) is 7.46. The molecule has 0 saturated heterocycles. The Kier molecular flexibility index (Phi) is 3.33. The average Bonchev–Trinajstić information content (AvgIpc) is 2.95. The zero-order valence-electron chi connectivity index (χ0n) is 16.0. The molecule has 0 radical (unpaired) electrons. The van der Waals surface area contributed by atoms with Crippen LogP contribution in [0, 0.1) is 5.41 Å². The van der Waals surface area contributed by atoms with Crippen LogP contribution in [-0.2, 0) is 14.3 Å². The predicted octanol–water partition coefficient (Wildman–Crippen LogP) is 3.44. The average molecular weight is 390 g/mol. The number of allylic oxidation sites excluding steroid dienone is 2. The molecular weight excluding hydrogens is 368 g/mol. The van der Waals surface area contributed by atoms with Crippen LogP contribution in [0.3, 0.4) is 0 Å². The Morgan fingerprint density at radius 3 is 2.45 bits per heavy atom. The van der Waals surface area contributed by atoms with Gasteiger partial charge in [0.05, 0.1) is 6.10 Å². The van der Waals surface area contributed by atoms with Gasteiger partial charge in [-0.25, -0.2) is 0 Å². The molecule has 1 aliphatic heterocycles. The minimum atomic E-state index is -1.80. The summed E-state index contributed by atoms with van der Waals surface area (Å²) in [6, 6.07) is 11.7. The number of fused-ring (bicyclic) bond motifs is 4. The molecule has 4 atom stereocenters. The minimum absolute atomic E-state index is 0.0377. The number of carbonyl (C=O) groups excluding carboxylic acids is 2. The van der Waals surface area contributed by atoms with Gasteiger partial charge in [0.2, 0.25) is 5.79 Å². The van der Waals surface area contributed by atoms with E-state index >= 15 is 0 Å². The van der Waals surface area contributed by atoms with Crippen molar-refractivity contribution in [3.63, 3.8) is 0 Å². The van der Waals surface area contributed by atoms with E-state index in [1.165, 1.54) is 0 Å². The number of ether oxygens (including phenoxy) is 1. The molecule has 1 saturated carbocycles. The Morgan fingerprint density at radius 2 is 1.69 bits per heavy atom.